The largest absolute Gasteiger partial charge is 0.482 e. The molecule has 0 aliphatic heterocycles. The number of benzene rings is 1. The van der Waals surface area contributed by atoms with E-state index in [1.54, 1.807) is 12.1 Å². The van der Waals surface area contributed by atoms with Crippen LogP contribution in [-0.2, 0) is 11.3 Å². The summed E-state index contributed by atoms with van der Waals surface area (Å²) in [5.74, 6) is 0.302. The standard InChI is InChI=1S/C13H18Cl2N2O2/c1-8(2)17-12(18)7-19-13-9(6-16-3)4-10(14)5-11(13)15/h4-5,8,16H,6-7H2,1-3H3,(H,17,18). The summed E-state index contributed by atoms with van der Waals surface area (Å²) in [6, 6.07) is 3.44. The van der Waals surface area contributed by atoms with Gasteiger partial charge in [0.1, 0.15) is 5.75 Å². The third-order valence-electron chi connectivity index (χ3n) is 2.25. The number of rotatable bonds is 6. The molecule has 2 N–H and O–H groups in total. The highest BCUT2D eigenvalue weighted by Gasteiger charge is 2.12. The van der Waals surface area contributed by atoms with E-state index in [9.17, 15) is 4.79 Å². The van der Waals surface area contributed by atoms with Gasteiger partial charge >= 0.3 is 0 Å². The van der Waals surface area contributed by atoms with Gasteiger partial charge in [0, 0.05) is 23.2 Å². The Bertz CT molecular complexity index is 451. The molecule has 0 saturated carbocycles. The Hall–Kier alpha value is -0.970. The van der Waals surface area contributed by atoms with Crippen molar-refractivity contribution in [3.63, 3.8) is 0 Å². The van der Waals surface area contributed by atoms with Gasteiger partial charge < -0.3 is 15.4 Å². The van der Waals surface area contributed by atoms with Gasteiger partial charge in [-0.3, -0.25) is 4.79 Å². The van der Waals surface area contributed by atoms with Crippen LogP contribution in [0.15, 0.2) is 12.1 Å². The minimum absolute atomic E-state index is 0.0732. The second-order valence-corrected chi connectivity index (χ2v) is 5.26. The molecule has 1 amide bonds. The third kappa shape index (κ3) is 5.27. The van der Waals surface area contributed by atoms with E-state index in [-0.39, 0.29) is 18.6 Å². The zero-order chi connectivity index (χ0) is 14.4. The van der Waals surface area contributed by atoms with Gasteiger partial charge in [0.2, 0.25) is 0 Å². The van der Waals surface area contributed by atoms with Crippen LogP contribution in [-0.4, -0.2) is 25.6 Å². The van der Waals surface area contributed by atoms with Crippen LogP contribution in [0, 0.1) is 0 Å². The van der Waals surface area contributed by atoms with Gasteiger partial charge in [-0.25, -0.2) is 0 Å². The molecule has 0 fully saturated rings. The molecule has 0 spiro atoms. The van der Waals surface area contributed by atoms with Crippen molar-refractivity contribution in [2.24, 2.45) is 0 Å². The van der Waals surface area contributed by atoms with Gasteiger partial charge in [-0.05, 0) is 33.0 Å². The summed E-state index contributed by atoms with van der Waals surface area (Å²) >= 11 is 12.0. The first-order valence-electron chi connectivity index (χ1n) is 5.98. The monoisotopic (exact) mass is 304 g/mol. The molecule has 0 saturated heterocycles. The zero-order valence-electron chi connectivity index (χ0n) is 11.2. The van der Waals surface area contributed by atoms with E-state index < -0.39 is 0 Å². The second-order valence-electron chi connectivity index (χ2n) is 4.42. The van der Waals surface area contributed by atoms with Gasteiger partial charge in [-0.15, -0.1) is 0 Å². The highest BCUT2D eigenvalue weighted by atomic mass is 35.5. The van der Waals surface area contributed by atoms with Crippen LogP contribution < -0.4 is 15.4 Å². The molecule has 0 unspecified atom stereocenters. The number of carbonyl (C=O) groups excluding carboxylic acids is 1. The van der Waals surface area contributed by atoms with E-state index in [1.165, 1.54) is 0 Å². The van der Waals surface area contributed by atoms with Gasteiger partial charge in [0.25, 0.3) is 5.91 Å². The van der Waals surface area contributed by atoms with Crippen LogP contribution in [0.5, 0.6) is 5.75 Å². The van der Waals surface area contributed by atoms with Crippen LogP contribution in [0.4, 0.5) is 0 Å². The molecular formula is C13H18Cl2N2O2. The van der Waals surface area contributed by atoms with E-state index in [0.29, 0.717) is 22.3 Å². The maximum atomic E-state index is 11.6. The predicted molar refractivity (Wildman–Crippen MR) is 78.0 cm³/mol. The number of hydrogen-bond donors (Lipinski definition) is 2. The van der Waals surface area contributed by atoms with Crippen molar-refractivity contribution in [1.29, 1.82) is 0 Å². The van der Waals surface area contributed by atoms with Crippen molar-refractivity contribution in [1.82, 2.24) is 10.6 Å². The Morgan fingerprint density at radius 3 is 2.63 bits per heavy atom. The highest BCUT2D eigenvalue weighted by molar-refractivity contribution is 6.35. The normalized spacial score (nSPS) is 10.6. The maximum Gasteiger partial charge on any atom is 0.258 e. The molecule has 6 heteroatoms. The minimum atomic E-state index is -0.184. The third-order valence-corrected chi connectivity index (χ3v) is 2.75. The Morgan fingerprint density at radius 2 is 2.05 bits per heavy atom. The minimum Gasteiger partial charge on any atom is -0.482 e. The van der Waals surface area contributed by atoms with Gasteiger partial charge in [0.15, 0.2) is 6.61 Å². The molecule has 0 aliphatic carbocycles. The van der Waals surface area contributed by atoms with Crippen LogP contribution in [0.1, 0.15) is 19.4 Å². The Kier molecular flexibility index (Phi) is 6.42. The van der Waals surface area contributed by atoms with Crippen LogP contribution in [0.2, 0.25) is 10.0 Å². The maximum absolute atomic E-state index is 11.6. The smallest absolute Gasteiger partial charge is 0.258 e. The summed E-state index contributed by atoms with van der Waals surface area (Å²) in [4.78, 5) is 11.6. The molecule has 1 aromatic carbocycles. The highest BCUT2D eigenvalue weighted by Crippen LogP contribution is 2.32. The Morgan fingerprint density at radius 1 is 1.37 bits per heavy atom. The molecule has 0 atom stereocenters. The SMILES string of the molecule is CNCc1cc(Cl)cc(Cl)c1OCC(=O)NC(C)C. The molecule has 1 aromatic rings. The van der Waals surface area contributed by atoms with E-state index in [2.05, 4.69) is 10.6 Å². The van der Waals surface area contributed by atoms with E-state index in [1.807, 2.05) is 20.9 Å². The molecule has 0 radical (unpaired) electrons. The fourth-order valence-corrected chi connectivity index (χ4v) is 2.19. The quantitative estimate of drug-likeness (QED) is 0.849. The van der Waals surface area contributed by atoms with E-state index in [0.717, 1.165) is 5.56 Å². The first kappa shape index (κ1) is 16.1. The molecule has 106 valence electrons. The van der Waals surface area contributed by atoms with Crippen LogP contribution >= 0.6 is 23.2 Å². The molecule has 19 heavy (non-hydrogen) atoms. The predicted octanol–water partition coefficient (Wildman–Crippen LogP) is 2.62. The fraction of sp³-hybridized carbons (Fsp3) is 0.462. The molecule has 4 nitrogen and oxygen atoms in total. The Labute approximate surface area is 123 Å². The average molecular weight is 305 g/mol. The molecule has 0 bridgehead atoms. The molecule has 0 aliphatic rings. The zero-order valence-corrected chi connectivity index (χ0v) is 12.7. The summed E-state index contributed by atoms with van der Waals surface area (Å²) in [7, 11) is 1.81. The van der Waals surface area contributed by atoms with Crippen molar-refractivity contribution >= 4 is 29.1 Å². The number of halogens is 2. The lowest BCUT2D eigenvalue weighted by atomic mass is 10.2. The van der Waals surface area contributed by atoms with Crippen molar-refractivity contribution in [2.75, 3.05) is 13.7 Å². The lowest BCUT2D eigenvalue weighted by molar-refractivity contribution is -0.123. The van der Waals surface area contributed by atoms with E-state index in [4.69, 9.17) is 27.9 Å². The number of hydrogen-bond acceptors (Lipinski definition) is 3. The number of carbonyl (C=O) groups is 1. The molecule has 0 aromatic heterocycles. The van der Waals surface area contributed by atoms with Crippen LogP contribution in [0.25, 0.3) is 0 Å². The lowest BCUT2D eigenvalue weighted by Crippen LogP contribution is -2.34. The van der Waals surface area contributed by atoms with Gasteiger partial charge in [-0.1, -0.05) is 23.2 Å². The summed E-state index contributed by atoms with van der Waals surface area (Å²) in [5.41, 5.74) is 0.817. The lowest BCUT2D eigenvalue weighted by Gasteiger charge is -2.14. The van der Waals surface area contributed by atoms with Crippen LogP contribution in [0.3, 0.4) is 0 Å². The van der Waals surface area contributed by atoms with Crippen molar-refractivity contribution in [3.8, 4) is 5.75 Å². The summed E-state index contributed by atoms with van der Waals surface area (Å²) in [6.07, 6.45) is 0. The number of amides is 1. The topological polar surface area (TPSA) is 50.4 Å². The molecule has 1 rings (SSSR count). The number of ether oxygens (including phenoxy) is 1. The van der Waals surface area contributed by atoms with Crippen molar-refractivity contribution in [3.05, 3.63) is 27.7 Å². The van der Waals surface area contributed by atoms with Crippen molar-refractivity contribution < 1.29 is 9.53 Å². The average Bonchev–Trinajstić information content (AvgIpc) is 2.26. The molecule has 0 heterocycles. The first-order valence-corrected chi connectivity index (χ1v) is 6.74. The van der Waals surface area contributed by atoms with Gasteiger partial charge in [-0.2, -0.15) is 0 Å². The van der Waals surface area contributed by atoms with Gasteiger partial charge in [0.05, 0.1) is 5.02 Å². The summed E-state index contributed by atoms with van der Waals surface area (Å²) < 4.78 is 5.50. The van der Waals surface area contributed by atoms with Crippen molar-refractivity contribution in [2.45, 2.75) is 26.4 Å². The Balaban J connectivity index is 2.79. The fourth-order valence-electron chi connectivity index (χ4n) is 1.60. The first-order chi connectivity index (χ1) is 8.93. The second kappa shape index (κ2) is 7.58. The summed E-state index contributed by atoms with van der Waals surface area (Å²) in [5, 5.41) is 6.68. The number of nitrogens with one attached hydrogen (secondary N) is 2. The molecular weight excluding hydrogens is 287 g/mol. The van der Waals surface area contributed by atoms with E-state index >= 15 is 0 Å². The summed E-state index contributed by atoms with van der Waals surface area (Å²) in [6.45, 7) is 4.26.